The van der Waals surface area contributed by atoms with Gasteiger partial charge in [0.05, 0.1) is 30.9 Å². The quantitative estimate of drug-likeness (QED) is 0.702. The smallest absolute Gasteiger partial charge is 0.229 e. The molecule has 0 spiro atoms. The molecule has 1 aromatic carbocycles. The van der Waals surface area contributed by atoms with Crippen LogP contribution in [0.15, 0.2) is 36.5 Å². The lowest BCUT2D eigenvalue weighted by molar-refractivity contribution is -0.114. The minimum atomic E-state index is -3.38. The van der Waals surface area contributed by atoms with E-state index in [1.54, 1.807) is 41.0 Å². The van der Waals surface area contributed by atoms with Gasteiger partial charge in [0.1, 0.15) is 5.75 Å². The van der Waals surface area contributed by atoms with Gasteiger partial charge in [0, 0.05) is 18.6 Å². The molecular formula is C16H17N5O4S. The number of ether oxygens (including phenoxy) is 1. The lowest BCUT2D eigenvalue weighted by atomic mass is 10.1. The van der Waals surface area contributed by atoms with Crippen molar-refractivity contribution in [1.29, 1.82) is 0 Å². The SMILES string of the molecule is COc1cc(NS(C)(=O)=O)ccc1-c1cn2nc(NC(C)=O)ccc2n1. The molecular weight excluding hydrogens is 358 g/mol. The molecule has 0 atom stereocenters. The Bertz CT molecular complexity index is 1090. The summed E-state index contributed by atoms with van der Waals surface area (Å²) in [5.41, 5.74) is 2.26. The Morgan fingerprint density at radius 3 is 2.65 bits per heavy atom. The van der Waals surface area contributed by atoms with E-state index in [2.05, 4.69) is 20.1 Å². The number of anilines is 2. The lowest BCUT2D eigenvalue weighted by Crippen LogP contribution is -2.09. The van der Waals surface area contributed by atoms with Crippen molar-refractivity contribution in [3.63, 3.8) is 0 Å². The zero-order valence-electron chi connectivity index (χ0n) is 14.3. The minimum absolute atomic E-state index is 0.215. The molecule has 0 aliphatic heterocycles. The summed E-state index contributed by atoms with van der Waals surface area (Å²) >= 11 is 0. The fourth-order valence-corrected chi connectivity index (χ4v) is 2.99. The number of imidazole rings is 1. The number of methoxy groups -OCH3 is 1. The number of carbonyl (C=O) groups is 1. The maximum Gasteiger partial charge on any atom is 0.229 e. The number of nitrogens with zero attached hydrogens (tertiary/aromatic N) is 3. The molecule has 1 amide bonds. The van der Waals surface area contributed by atoms with Crippen molar-refractivity contribution >= 4 is 33.1 Å². The summed E-state index contributed by atoms with van der Waals surface area (Å²) in [5, 5.41) is 6.88. The average Bonchev–Trinajstić information content (AvgIpc) is 2.95. The van der Waals surface area contributed by atoms with Gasteiger partial charge in [-0.25, -0.2) is 17.9 Å². The number of benzene rings is 1. The van der Waals surface area contributed by atoms with Gasteiger partial charge in [-0.3, -0.25) is 9.52 Å². The third-order valence-electron chi connectivity index (χ3n) is 3.40. The highest BCUT2D eigenvalue weighted by Crippen LogP contribution is 2.32. The fraction of sp³-hybridized carbons (Fsp3) is 0.188. The first kappa shape index (κ1) is 17.7. The summed E-state index contributed by atoms with van der Waals surface area (Å²) in [6.45, 7) is 1.40. The molecule has 0 saturated carbocycles. The molecule has 0 unspecified atom stereocenters. The Labute approximate surface area is 150 Å². The van der Waals surface area contributed by atoms with E-state index in [0.29, 0.717) is 34.2 Å². The standard InChI is InChI=1S/C16H17N5O4S/c1-10(22)17-15-6-7-16-18-13(9-21(16)19-15)12-5-4-11(8-14(12)25-2)20-26(3,23)24/h4-9,20H,1-3H3,(H,17,19,22). The van der Waals surface area contributed by atoms with Gasteiger partial charge in [0.25, 0.3) is 0 Å². The van der Waals surface area contributed by atoms with Gasteiger partial charge in [-0.2, -0.15) is 0 Å². The molecule has 2 heterocycles. The van der Waals surface area contributed by atoms with Crippen LogP contribution < -0.4 is 14.8 Å². The molecule has 136 valence electrons. The van der Waals surface area contributed by atoms with E-state index in [-0.39, 0.29) is 5.91 Å². The molecule has 0 aliphatic rings. The van der Waals surface area contributed by atoms with Crippen molar-refractivity contribution in [2.24, 2.45) is 0 Å². The molecule has 0 saturated heterocycles. The number of carbonyl (C=O) groups excluding carboxylic acids is 1. The Morgan fingerprint density at radius 1 is 1.23 bits per heavy atom. The summed E-state index contributed by atoms with van der Waals surface area (Å²) in [6, 6.07) is 8.30. The highest BCUT2D eigenvalue weighted by Gasteiger charge is 2.13. The van der Waals surface area contributed by atoms with Crippen LogP contribution in [0.3, 0.4) is 0 Å². The number of sulfonamides is 1. The van der Waals surface area contributed by atoms with Gasteiger partial charge >= 0.3 is 0 Å². The van der Waals surface area contributed by atoms with Crippen LogP contribution in [0.4, 0.5) is 11.5 Å². The first-order valence-electron chi connectivity index (χ1n) is 7.55. The maximum absolute atomic E-state index is 11.4. The second-order valence-corrected chi connectivity index (χ2v) is 7.37. The topological polar surface area (TPSA) is 115 Å². The Hall–Kier alpha value is -3.14. The van der Waals surface area contributed by atoms with Crippen molar-refractivity contribution < 1.29 is 17.9 Å². The van der Waals surface area contributed by atoms with Gasteiger partial charge < -0.3 is 10.1 Å². The monoisotopic (exact) mass is 375 g/mol. The maximum atomic E-state index is 11.4. The van der Waals surface area contributed by atoms with Crippen LogP contribution in [0, 0.1) is 0 Å². The van der Waals surface area contributed by atoms with Crippen molar-refractivity contribution in [2.45, 2.75) is 6.92 Å². The first-order chi connectivity index (χ1) is 12.2. The number of amides is 1. The van der Waals surface area contributed by atoms with Crippen LogP contribution in [-0.4, -0.2) is 42.3 Å². The largest absolute Gasteiger partial charge is 0.496 e. The molecule has 2 N–H and O–H groups in total. The molecule has 9 nitrogen and oxygen atoms in total. The van der Waals surface area contributed by atoms with Crippen LogP contribution in [0.2, 0.25) is 0 Å². The minimum Gasteiger partial charge on any atom is -0.496 e. The van der Waals surface area contributed by atoms with E-state index in [0.717, 1.165) is 6.26 Å². The van der Waals surface area contributed by atoms with Gasteiger partial charge in [-0.1, -0.05) is 0 Å². The highest BCUT2D eigenvalue weighted by atomic mass is 32.2. The van der Waals surface area contributed by atoms with Crippen molar-refractivity contribution in [3.05, 3.63) is 36.5 Å². The fourth-order valence-electron chi connectivity index (χ4n) is 2.44. The van der Waals surface area contributed by atoms with Crippen molar-refractivity contribution in [3.8, 4) is 17.0 Å². The summed E-state index contributed by atoms with van der Waals surface area (Å²) in [4.78, 5) is 15.6. The zero-order chi connectivity index (χ0) is 18.9. The highest BCUT2D eigenvalue weighted by molar-refractivity contribution is 7.92. The average molecular weight is 375 g/mol. The molecule has 26 heavy (non-hydrogen) atoms. The number of fused-ring (bicyclic) bond motifs is 1. The second-order valence-electron chi connectivity index (χ2n) is 5.62. The number of rotatable bonds is 5. The third-order valence-corrected chi connectivity index (χ3v) is 4.01. The van der Waals surface area contributed by atoms with Crippen LogP contribution in [0.25, 0.3) is 16.9 Å². The predicted octanol–water partition coefficient (Wildman–Crippen LogP) is 1.73. The van der Waals surface area contributed by atoms with E-state index in [1.165, 1.54) is 14.0 Å². The number of hydrogen-bond donors (Lipinski definition) is 2. The molecule has 3 rings (SSSR count). The molecule has 0 bridgehead atoms. The van der Waals surface area contributed by atoms with Crippen molar-refractivity contribution in [2.75, 3.05) is 23.4 Å². The summed E-state index contributed by atoms with van der Waals surface area (Å²) in [7, 11) is -1.89. The van der Waals surface area contributed by atoms with E-state index in [4.69, 9.17) is 4.74 Å². The number of hydrogen-bond acceptors (Lipinski definition) is 6. The normalized spacial score (nSPS) is 11.3. The van der Waals surface area contributed by atoms with Gasteiger partial charge in [-0.15, -0.1) is 5.10 Å². The van der Waals surface area contributed by atoms with Crippen LogP contribution in [0.5, 0.6) is 5.75 Å². The molecule has 0 radical (unpaired) electrons. The first-order valence-corrected chi connectivity index (χ1v) is 9.44. The van der Waals surface area contributed by atoms with Gasteiger partial charge in [0.15, 0.2) is 11.5 Å². The Kier molecular flexibility index (Phi) is 4.51. The van der Waals surface area contributed by atoms with Crippen molar-refractivity contribution in [1.82, 2.24) is 14.6 Å². The number of aromatic nitrogens is 3. The lowest BCUT2D eigenvalue weighted by Gasteiger charge is -2.09. The molecule has 10 heteroatoms. The van der Waals surface area contributed by atoms with Gasteiger partial charge in [0.2, 0.25) is 15.9 Å². The predicted molar refractivity (Wildman–Crippen MR) is 97.7 cm³/mol. The third kappa shape index (κ3) is 3.91. The molecule has 3 aromatic rings. The summed E-state index contributed by atoms with van der Waals surface area (Å²) in [5.74, 6) is 0.658. The van der Waals surface area contributed by atoms with Gasteiger partial charge in [-0.05, 0) is 24.3 Å². The zero-order valence-corrected chi connectivity index (χ0v) is 15.2. The van der Waals surface area contributed by atoms with Crippen LogP contribution in [-0.2, 0) is 14.8 Å². The van der Waals surface area contributed by atoms with E-state index in [9.17, 15) is 13.2 Å². The van der Waals surface area contributed by atoms with E-state index < -0.39 is 10.0 Å². The van der Waals surface area contributed by atoms with Crippen LogP contribution >= 0.6 is 0 Å². The van der Waals surface area contributed by atoms with Crippen LogP contribution in [0.1, 0.15) is 6.92 Å². The molecule has 0 fully saturated rings. The molecule has 0 aliphatic carbocycles. The Balaban J connectivity index is 2.01. The van der Waals surface area contributed by atoms with E-state index >= 15 is 0 Å². The number of nitrogens with one attached hydrogen (secondary N) is 2. The molecule has 2 aromatic heterocycles. The van der Waals surface area contributed by atoms with E-state index in [1.807, 2.05) is 0 Å². The second kappa shape index (κ2) is 6.64. The summed E-state index contributed by atoms with van der Waals surface area (Å²) < 4.78 is 32.1. The Morgan fingerprint density at radius 2 is 2.00 bits per heavy atom. The summed E-state index contributed by atoms with van der Waals surface area (Å²) in [6.07, 6.45) is 2.77.